The Hall–Kier alpha value is -1.96. The predicted octanol–water partition coefficient (Wildman–Crippen LogP) is 3.13. The summed E-state index contributed by atoms with van der Waals surface area (Å²) in [5.41, 5.74) is 1.01. The monoisotopic (exact) mass is 416 g/mol. The molecule has 0 saturated carbocycles. The van der Waals surface area contributed by atoms with Crippen LogP contribution in [0.1, 0.15) is 5.56 Å². The Balaban J connectivity index is 2.08. The number of anilines is 1. The maximum atomic E-state index is 12.0. The fraction of sp³-hybridized carbons (Fsp3) is 0.235. The van der Waals surface area contributed by atoms with Crippen molar-refractivity contribution in [3.8, 4) is 5.75 Å². The SMILES string of the molecule is COc1ccc(NCC(=O)NCc2ccccc2Cl)c(S(C)(=O)=O)c1Cl. The van der Waals surface area contributed by atoms with E-state index >= 15 is 0 Å². The highest BCUT2D eigenvalue weighted by molar-refractivity contribution is 7.91. The molecule has 2 rings (SSSR count). The van der Waals surface area contributed by atoms with Gasteiger partial charge in [0.25, 0.3) is 0 Å². The van der Waals surface area contributed by atoms with Gasteiger partial charge in [0.05, 0.1) is 19.3 Å². The van der Waals surface area contributed by atoms with Crippen molar-refractivity contribution in [1.29, 1.82) is 0 Å². The molecule has 0 unspecified atom stereocenters. The van der Waals surface area contributed by atoms with Gasteiger partial charge in [-0.05, 0) is 23.8 Å². The highest BCUT2D eigenvalue weighted by Crippen LogP contribution is 2.36. The molecule has 0 aromatic heterocycles. The summed E-state index contributed by atoms with van der Waals surface area (Å²) in [4.78, 5) is 11.9. The molecule has 0 atom stereocenters. The number of carbonyl (C=O) groups is 1. The lowest BCUT2D eigenvalue weighted by Crippen LogP contribution is -2.29. The van der Waals surface area contributed by atoms with Crippen LogP contribution in [0.3, 0.4) is 0 Å². The average Bonchev–Trinajstić information content (AvgIpc) is 2.58. The average molecular weight is 417 g/mol. The molecule has 6 nitrogen and oxygen atoms in total. The molecule has 26 heavy (non-hydrogen) atoms. The Morgan fingerprint density at radius 3 is 2.46 bits per heavy atom. The van der Waals surface area contributed by atoms with Crippen LogP contribution in [0.5, 0.6) is 5.75 Å². The zero-order valence-electron chi connectivity index (χ0n) is 14.2. The van der Waals surface area contributed by atoms with E-state index in [0.717, 1.165) is 11.8 Å². The molecule has 2 aromatic carbocycles. The van der Waals surface area contributed by atoms with Gasteiger partial charge in [0.2, 0.25) is 5.91 Å². The van der Waals surface area contributed by atoms with Gasteiger partial charge in [-0.15, -0.1) is 0 Å². The lowest BCUT2D eigenvalue weighted by atomic mass is 10.2. The van der Waals surface area contributed by atoms with Gasteiger partial charge in [0.15, 0.2) is 9.84 Å². The van der Waals surface area contributed by atoms with Crippen molar-refractivity contribution in [3.63, 3.8) is 0 Å². The molecule has 0 bridgehead atoms. The Kier molecular flexibility index (Phi) is 6.75. The third kappa shape index (κ3) is 5.03. The van der Waals surface area contributed by atoms with E-state index in [4.69, 9.17) is 27.9 Å². The highest BCUT2D eigenvalue weighted by Gasteiger charge is 2.21. The molecule has 0 fully saturated rings. The number of benzene rings is 2. The number of methoxy groups -OCH3 is 1. The van der Waals surface area contributed by atoms with E-state index in [1.54, 1.807) is 18.2 Å². The largest absolute Gasteiger partial charge is 0.495 e. The number of rotatable bonds is 7. The molecule has 9 heteroatoms. The first-order valence-corrected chi connectivity index (χ1v) is 10.2. The zero-order chi connectivity index (χ0) is 19.3. The minimum Gasteiger partial charge on any atom is -0.495 e. The van der Waals surface area contributed by atoms with E-state index in [-0.39, 0.29) is 40.4 Å². The molecule has 2 aromatic rings. The summed E-state index contributed by atoms with van der Waals surface area (Å²) in [5.74, 6) is -0.0860. The Morgan fingerprint density at radius 1 is 1.15 bits per heavy atom. The number of carbonyl (C=O) groups excluding carboxylic acids is 1. The van der Waals surface area contributed by atoms with Crippen LogP contribution < -0.4 is 15.4 Å². The standard InChI is InChI=1S/C17H18Cl2N2O4S/c1-25-14-8-7-13(17(16(14)19)26(2,23)24)20-10-15(22)21-9-11-5-3-4-6-12(11)18/h3-8,20H,9-10H2,1-2H3,(H,21,22). The minimum atomic E-state index is -3.63. The maximum absolute atomic E-state index is 12.0. The molecule has 140 valence electrons. The van der Waals surface area contributed by atoms with Crippen LogP contribution in [0.25, 0.3) is 0 Å². The van der Waals surface area contributed by atoms with Crippen LogP contribution in [0.2, 0.25) is 10.0 Å². The topological polar surface area (TPSA) is 84.5 Å². The smallest absolute Gasteiger partial charge is 0.239 e. The molecule has 1 amide bonds. The van der Waals surface area contributed by atoms with Gasteiger partial charge in [-0.1, -0.05) is 41.4 Å². The molecule has 0 heterocycles. The summed E-state index contributed by atoms with van der Waals surface area (Å²) in [5, 5.41) is 6.04. The second-order valence-electron chi connectivity index (χ2n) is 5.45. The lowest BCUT2D eigenvalue weighted by Gasteiger charge is -2.14. The normalized spacial score (nSPS) is 11.1. The van der Waals surface area contributed by atoms with Crippen LogP contribution >= 0.6 is 23.2 Å². The fourth-order valence-corrected chi connectivity index (χ4v) is 4.10. The number of hydrogen-bond donors (Lipinski definition) is 2. The summed E-state index contributed by atoms with van der Waals surface area (Å²) >= 11 is 12.2. The second-order valence-corrected chi connectivity index (χ2v) is 8.19. The lowest BCUT2D eigenvalue weighted by molar-refractivity contribution is -0.119. The Labute approximate surface area is 162 Å². The van der Waals surface area contributed by atoms with Gasteiger partial charge >= 0.3 is 0 Å². The Bertz CT molecular complexity index is 917. The first-order chi connectivity index (χ1) is 12.2. The highest BCUT2D eigenvalue weighted by atomic mass is 35.5. The molecule has 0 spiro atoms. The van der Waals surface area contributed by atoms with Gasteiger partial charge in [-0.25, -0.2) is 8.42 Å². The zero-order valence-corrected chi connectivity index (χ0v) is 16.5. The van der Waals surface area contributed by atoms with Crippen molar-refractivity contribution < 1.29 is 17.9 Å². The molecule has 0 saturated heterocycles. The summed E-state index contributed by atoms with van der Waals surface area (Å²) in [6, 6.07) is 10.2. The van der Waals surface area contributed by atoms with Gasteiger partial charge in [-0.2, -0.15) is 0 Å². The van der Waals surface area contributed by atoms with Crippen LogP contribution in [0.4, 0.5) is 5.69 Å². The van der Waals surface area contributed by atoms with Crippen LogP contribution in [0.15, 0.2) is 41.3 Å². The number of hydrogen-bond acceptors (Lipinski definition) is 5. The predicted molar refractivity (Wildman–Crippen MR) is 103 cm³/mol. The molecular weight excluding hydrogens is 399 g/mol. The summed E-state index contributed by atoms with van der Waals surface area (Å²) in [7, 11) is -2.24. The van der Waals surface area contributed by atoms with Crippen molar-refractivity contribution in [2.75, 3.05) is 25.2 Å². The number of sulfone groups is 1. The molecule has 0 aliphatic rings. The van der Waals surface area contributed by atoms with Gasteiger partial charge in [0, 0.05) is 17.8 Å². The molecule has 0 aliphatic carbocycles. The van der Waals surface area contributed by atoms with Crippen LogP contribution in [-0.4, -0.2) is 34.2 Å². The van der Waals surface area contributed by atoms with Crippen molar-refractivity contribution in [2.24, 2.45) is 0 Å². The van der Waals surface area contributed by atoms with Crippen molar-refractivity contribution in [1.82, 2.24) is 5.32 Å². The van der Waals surface area contributed by atoms with E-state index in [0.29, 0.717) is 5.02 Å². The number of nitrogens with one attached hydrogen (secondary N) is 2. The summed E-state index contributed by atoms with van der Waals surface area (Å²) in [6.45, 7) is 0.137. The summed E-state index contributed by atoms with van der Waals surface area (Å²) in [6.07, 6.45) is 1.04. The molecular formula is C17H18Cl2N2O4S. The Morgan fingerprint density at radius 2 is 1.85 bits per heavy atom. The van der Waals surface area contributed by atoms with E-state index in [1.807, 2.05) is 6.07 Å². The van der Waals surface area contributed by atoms with E-state index in [9.17, 15) is 13.2 Å². The number of ether oxygens (including phenoxy) is 1. The van der Waals surface area contributed by atoms with Gasteiger partial charge in [-0.3, -0.25) is 4.79 Å². The van der Waals surface area contributed by atoms with Crippen molar-refractivity contribution in [3.05, 3.63) is 52.0 Å². The van der Waals surface area contributed by atoms with Crippen LogP contribution in [-0.2, 0) is 21.2 Å². The number of amides is 1. The van der Waals surface area contributed by atoms with E-state index < -0.39 is 9.84 Å². The molecule has 2 N–H and O–H groups in total. The minimum absolute atomic E-state index is 0.0310. The quantitative estimate of drug-likeness (QED) is 0.723. The third-order valence-electron chi connectivity index (χ3n) is 3.53. The van der Waals surface area contributed by atoms with Crippen molar-refractivity contribution >= 4 is 44.6 Å². The first-order valence-electron chi connectivity index (χ1n) is 7.54. The van der Waals surface area contributed by atoms with E-state index in [1.165, 1.54) is 19.2 Å². The van der Waals surface area contributed by atoms with E-state index in [2.05, 4.69) is 10.6 Å². The summed E-state index contributed by atoms with van der Waals surface area (Å²) < 4.78 is 29.1. The fourth-order valence-electron chi connectivity index (χ4n) is 2.27. The second kappa shape index (κ2) is 8.62. The maximum Gasteiger partial charge on any atom is 0.239 e. The van der Waals surface area contributed by atoms with Gasteiger partial charge in [0.1, 0.15) is 15.7 Å². The molecule has 0 aliphatic heterocycles. The first kappa shape index (κ1) is 20.4. The van der Waals surface area contributed by atoms with Crippen molar-refractivity contribution in [2.45, 2.75) is 11.4 Å². The number of halogens is 2. The third-order valence-corrected chi connectivity index (χ3v) is 5.55. The molecule has 0 radical (unpaired) electrons. The van der Waals surface area contributed by atoms with Gasteiger partial charge < -0.3 is 15.4 Å². The van der Waals surface area contributed by atoms with Crippen LogP contribution in [0, 0.1) is 0 Å².